The molecule has 0 atom stereocenters. The van der Waals surface area contributed by atoms with Gasteiger partial charge in [-0.15, -0.1) is 5.10 Å². The van der Waals surface area contributed by atoms with Crippen LogP contribution in [-0.4, -0.2) is 28.6 Å². The van der Waals surface area contributed by atoms with Crippen LogP contribution in [0, 0.1) is 5.92 Å². The Morgan fingerprint density at radius 1 is 1.40 bits per heavy atom. The van der Waals surface area contributed by atoms with E-state index in [1.54, 1.807) is 18.0 Å². The lowest BCUT2D eigenvalue weighted by Crippen LogP contribution is -2.20. The van der Waals surface area contributed by atoms with Crippen molar-refractivity contribution in [3.8, 4) is 11.4 Å². The molecular weight excluding hydrogens is 276 g/mol. The minimum atomic E-state index is 0.557. The third-order valence-electron chi connectivity index (χ3n) is 2.86. The number of methoxy groups -OCH3 is 1. The Balaban J connectivity index is 2.17. The third-order valence-corrected chi connectivity index (χ3v) is 3.15. The quantitative estimate of drug-likeness (QED) is 0.890. The van der Waals surface area contributed by atoms with Crippen LogP contribution in [0.15, 0.2) is 24.4 Å². The number of aromatic nitrogens is 3. The SMILES string of the molecule is COc1ccc(-n2nncc2CNCC(C)C)cc1Cl. The zero-order valence-corrected chi connectivity index (χ0v) is 12.7. The molecule has 0 aliphatic carbocycles. The standard InChI is InChI=1S/C14H19ClN4O/c1-10(2)7-16-8-12-9-17-18-19(12)11-4-5-14(20-3)13(15)6-11/h4-6,9-10,16H,7-8H2,1-3H3. The van der Waals surface area contributed by atoms with Crippen molar-refractivity contribution in [2.45, 2.75) is 20.4 Å². The fourth-order valence-corrected chi connectivity index (χ4v) is 2.12. The van der Waals surface area contributed by atoms with Crippen LogP contribution in [-0.2, 0) is 6.54 Å². The highest BCUT2D eigenvalue weighted by Gasteiger charge is 2.09. The molecule has 2 aromatic rings. The molecule has 0 aliphatic heterocycles. The van der Waals surface area contributed by atoms with Gasteiger partial charge in [-0.05, 0) is 30.7 Å². The van der Waals surface area contributed by atoms with E-state index < -0.39 is 0 Å². The number of hydrogen-bond acceptors (Lipinski definition) is 4. The van der Waals surface area contributed by atoms with E-state index in [1.165, 1.54) is 0 Å². The summed E-state index contributed by atoms with van der Waals surface area (Å²) >= 11 is 6.14. The molecule has 0 saturated heterocycles. The average Bonchev–Trinajstić information content (AvgIpc) is 2.86. The molecule has 0 saturated carbocycles. The van der Waals surface area contributed by atoms with Crippen molar-refractivity contribution in [1.82, 2.24) is 20.3 Å². The van der Waals surface area contributed by atoms with Crippen molar-refractivity contribution in [3.05, 3.63) is 35.1 Å². The Bertz CT molecular complexity index is 568. The largest absolute Gasteiger partial charge is 0.495 e. The van der Waals surface area contributed by atoms with Crippen LogP contribution in [0.4, 0.5) is 0 Å². The molecule has 0 spiro atoms. The number of nitrogens with zero attached hydrogens (tertiary/aromatic N) is 3. The minimum Gasteiger partial charge on any atom is -0.495 e. The third kappa shape index (κ3) is 3.49. The Hall–Kier alpha value is -1.59. The highest BCUT2D eigenvalue weighted by Crippen LogP contribution is 2.26. The number of ether oxygens (including phenoxy) is 1. The molecule has 2 rings (SSSR count). The maximum atomic E-state index is 6.14. The number of halogens is 1. The first-order valence-electron chi connectivity index (χ1n) is 6.56. The lowest BCUT2D eigenvalue weighted by molar-refractivity contribution is 0.415. The van der Waals surface area contributed by atoms with Crippen molar-refractivity contribution in [1.29, 1.82) is 0 Å². The Morgan fingerprint density at radius 3 is 2.85 bits per heavy atom. The highest BCUT2D eigenvalue weighted by atomic mass is 35.5. The van der Waals surface area contributed by atoms with Gasteiger partial charge in [0.05, 0.1) is 29.7 Å². The molecule has 108 valence electrons. The van der Waals surface area contributed by atoms with Gasteiger partial charge in [0, 0.05) is 6.54 Å². The molecular formula is C14H19ClN4O. The van der Waals surface area contributed by atoms with Crippen molar-refractivity contribution in [2.75, 3.05) is 13.7 Å². The second-order valence-corrected chi connectivity index (χ2v) is 5.39. The van der Waals surface area contributed by atoms with Crippen molar-refractivity contribution < 1.29 is 4.74 Å². The van der Waals surface area contributed by atoms with E-state index in [1.807, 2.05) is 18.2 Å². The Kier molecular flexibility index (Phi) is 4.98. The predicted octanol–water partition coefficient (Wildman–Crippen LogP) is 2.67. The second-order valence-electron chi connectivity index (χ2n) is 4.98. The summed E-state index contributed by atoms with van der Waals surface area (Å²) in [6.07, 6.45) is 1.76. The van der Waals surface area contributed by atoms with E-state index in [2.05, 4.69) is 29.5 Å². The summed E-state index contributed by atoms with van der Waals surface area (Å²) in [6, 6.07) is 5.55. The maximum absolute atomic E-state index is 6.14. The zero-order valence-electron chi connectivity index (χ0n) is 11.9. The van der Waals surface area contributed by atoms with Gasteiger partial charge < -0.3 is 10.1 Å². The summed E-state index contributed by atoms with van der Waals surface area (Å²) in [4.78, 5) is 0. The number of nitrogens with one attached hydrogen (secondary N) is 1. The van der Waals surface area contributed by atoms with Crippen LogP contribution < -0.4 is 10.1 Å². The maximum Gasteiger partial charge on any atom is 0.137 e. The summed E-state index contributed by atoms with van der Waals surface area (Å²) < 4.78 is 6.93. The van der Waals surface area contributed by atoms with Crippen LogP contribution in [0.5, 0.6) is 5.75 Å². The molecule has 0 fully saturated rings. The van der Waals surface area contributed by atoms with Crippen molar-refractivity contribution >= 4 is 11.6 Å². The molecule has 0 amide bonds. The molecule has 0 aliphatic rings. The minimum absolute atomic E-state index is 0.557. The molecule has 1 N–H and O–H groups in total. The first kappa shape index (κ1) is 14.8. The van der Waals surface area contributed by atoms with Crippen LogP contribution in [0.2, 0.25) is 5.02 Å². The van der Waals surface area contributed by atoms with E-state index in [0.717, 1.165) is 24.5 Å². The first-order valence-corrected chi connectivity index (χ1v) is 6.94. The van der Waals surface area contributed by atoms with Gasteiger partial charge >= 0.3 is 0 Å². The first-order chi connectivity index (χ1) is 9.61. The zero-order chi connectivity index (χ0) is 14.5. The van der Waals surface area contributed by atoms with Crippen LogP contribution >= 0.6 is 11.6 Å². The molecule has 5 nitrogen and oxygen atoms in total. The predicted molar refractivity (Wildman–Crippen MR) is 79.5 cm³/mol. The van der Waals surface area contributed by atoms with Crippen LogP contribution in [0.3, 0.4) is 0 Å². The molecule has 1 aromatic carbocycles. The van der Waals surface area contributed by atoms with Gasteiger partial charge in [-0.25, -0.2) is 4.68 Å². The van der Waals surface area contributed by atoms with Gasteiger partial charge in [0.1, 0.15) is 5.75 Å². The molecule has 0 bridgehead atoms. The molecule has 0 unspecified atom stereocenters. The van der Waals surface area contributed by atoms with Crippen LogP contribution in [0.25, 0.3) is 5.69 Å². The number of benzene rings is 1. The topological polar surface area (TPSA) is 52.0 Å². The summed E-state index contributed by atoms with van der Waals surface area (Å²) in [5, 5.41) is 12.0. The van der Waals surface area contributed by atoms with Crippen molar-refractivity contribution in [2.24, 2.45) is 5.92 Å². The summed E-state index contributed by atoms with van der Waals surface area (Å²) in [6.45, 7) is 6.01. The highest BCUT2D eigenvalue weighted by molar-refractivity contribution is 6.32. The van der Waals surface area contributed by atoms with E-state index in [-0.39, 0.29) is 0 Å². The fourth-order valence-electron chi connectivity index (χ4n) is 1.87. The van der Waals surface area contributed by atoms with Gasteiger partial charge in [0.25, 0.3) is 0 Å². The Morgan fingerprint density at radius 2 is 2.20 bits per heavy atom. The molecule has 0 radical (unpaired) electrons. The Labute approximate surface area is 123 Å². The number of hydrogen-bond donors (Lipinski definition) is 1. The molecule has 1 aromatic heterocycles. The van der Waals surface area contributed by atoms with Gasteiger partial charge in [-0.2, -0.15) is 0 Å². The normalized spacial score (nSPS) is 11.1. The van der Waals surface area contributed by atoms with E-state index in [9.17, 15) is 0 Å². The van der Waals surface area contributed by atoms with Crippen molar-refractivity contribution in [3.63, 3.8) is 0 Å². The molecule has 6 heteroatoms. The summed E-state index contributed by atoms with van der Waals surface area (Å²) in [5.74, 6) is 1.25. The van der Waals surface area contributed by atoms with E-state index >= 15 is 0 Å². The van der Waals surface area contributed by atoms with Gasteiger partial charge in [0.2, 0.25) is 0 Å². The lowest BCUT2D eigenvalue weighted by atomic mass is 10.2. The van der Waals surface area contributed by atoms with Gasteiger partial charge in [-0.1, -0.05) is 30.7 Å². The van der Waals surface area contributed by atoms with Gasteiger partial charge in [-0.3, -0.25) is 0 Å². The monoisotopic (exact) mass is 294 g/mol. The number of rotatable bonds is 6. The van der Waals surface area contributed by atoms with Gasteiger partial charge in [0.15, 0.2) is 0 Å². The molecule has 20 heavy (non-hydrogen) atoms. The lowest BCUT2D eigenvalue weighted by Gasteiger charge is -2.10. The average molecular weight is 295 g/mol. The molecule has 1 heterocycles. The smallest absolute Gasteiger partial charge is 0.137 e. The van der Waals surface area contributed by atoms with Crippen LogP contribution in [0.1, 0.15) is 19.5 Å². The second kappa shape index (κ2) is 6.72. The van der Waals surface area contributed by atoms with E-state index in [4.69, 9.17) is 16.3 Å². The summed E-state index contributed by atoms with van der Waals surface area (Å²) in [5.41, 5.74) is 1.86. The summed E-state index contributed by atoms with van der Waals surface area (Å²) in [7, 11) is 1.59. The fraction of sp³-hybridized carbons (Fsp3) is 0.429. The van der Waals surface area contributed by atoms with E-state index in [0.29, 0.717) is 16.7 Å².